The molecular weight excluding hydrogens is 323 g/mol. The first-order valence-corrected chi connectivity index (χ1v) is 8.24. The summed E-state index contributed by atoms with van der Waals surface area (Å²) in [6.45, 7) is 3.56. The Morgan fingerprint density at radius 1 is 1.40 bits per heavy atom. The van der Waals surface area contributed by atoms with Gasteiger partial charge in [0.15, 0.2) is 0 Å². The summed E-state index contributed by atoms with van der Waals surface area (Å²) in [5.41, 5.74) is 1.59. The Labute approximate surface area is 144 Å². The molecule has 1 fully saturated rings. The molecule has 0 radical (unpaired) electrons. The highest BCUT2D eigenvalue weighted by atomic mass is 19.1. The number of nitrogens with zero attached hydrogens (tertiary/aromatic N) is 1. The number of pyridine rings is 1. The molecule has 1 aromatic carbocycles. The quantitative estimate of drug-likeness (QED) is 0.756. The van der Waals surface area contributed by atoms with Gasteiger partial charge in [-0.3, -0.25) is 9.78 Å². The molecule has 1 atom stereocenters. The number of halogens is 1. The number of aromatic nitrogens is 1. The van der Waals surface area contributed by atoms with Crippen LogP contribution in [0.3, 0.4) is 0 Å². The Balaban J connectivity index is 1.97. The molecule has 1 aliphatic rings. The third-order valence-corrected chi connectivity index (χ3v) is 4.29. The van der Waals surface area contributed by atoms with Crippen LogP contribution in [0.1, 0.15) is 47.7 Å². The topological polar surface area (TPSA) is 79.3 Å². The SMILES string of the molecule is C=CCCC(NC(=O)c1cc(C2CC2)nc2ccc(F)cc12)C(=O)O. The minimum Gasteiger partial charge on any atom is -0.480 e. The van der Waals surface area contributed by atoms with Crippen molar-refractivity contribution in [2.45, 2.75) is 37.6 Å². The van der Waals surface area contributed by atoms with Gasteiger partial charge in [0, 0.05) is 17.0 Å². The van der Waals surface area contributed by atoms with E-state index in [0.717, 1.165) is 18.5 Å². The van der Waals surface area contributed by atoms with Crippen LogP contribution in [-0.2, 0) is 4.79 Å². The number of carboxylic acid groups (broad SMARTS) is 1. The first kappa shape index (κ1) is 17.1. The van der Waals surface area contributed by atoms with Crippen LogP contribution in [0.15, 0.2) is 36.9 Å². The highest BCUT2D eigenvalue weighted by molar-refractivity contribution is 6.07. The third kappa shape index (κ3) is 3.84. The Hall–Kier alpha value is -2.76. The van der Waals surface area contributed by atoms with Gasteiger partial charge in [0.25, 0.3) is 5.91 Å². The highest BCUT2D eigenvalue weighted by Crippen LogP contribution is 2.40. The second kappa shape index (κ2) is 7.01. The number of carbonyl (C=O) groups excluding carboxylic acids is 1. The molecule has 0 bridgehead atoms. The molecule has 6 heteroatoms. The number of allylic oxidation sites excluding steroid dienone is 1. The number of hydrogen-bond acceptors (Lipinski definition) is 3. The lowest BCUT2D eigenvalue weighted by Gasteiger charge is -2.15. The van der Waals surface area contributed by atoms with E-state index in [9.17, 15) is 19.1 Å². The zero-order valence-electron chi connectivity index (χ0n) is 13.7. The molecule has 1 aromatic heterocycles. The molecule has 25 heavy (non-hydrogen) atoms. The molecule has 1 unspecified atom stereocenters. The summed E-state index contributed by atoms with van der Waals surface area (Å²) in [4.78, 5) is 28.6. The summed E-state index contributed by atoms with van der Waals surface area (Å²) in [7, 11) is 0. The van der Waals surface area contributed by atoms with Crippen molar-refractivity contribution in [1.29, 1.82) is 0 Å². The first-order chi connectivity index (χ1) is 12.0. The lowest BCUT2D eigenvalue weighted by atomic mass is 10.0. The molecule has 5 nitrogen and oxygen atoms in total. The number of amides is 1. The van der Waals surface area contributed by atoms with Crippen LogP contribution >= 0.6 is 0 Å². The number of benzene rings is 1. The number of nitrogens with one attached hydrogen (secondary N) is 1. The van der Waals surface area contributed by atoms with Crippen LogP contribution in [0.5, 0.6) is 0 Å². The summed E-state index contributed by atoms with van der Waals surface area (Å²) in [6, 6.07) is 4.73. The van der Waals surface area contributed by atoms with E-state index in [4.69, 9.17) is 0 Å². The van der Waals surface area contributed by atoms with E-state index in [0.29, 0.717) is 23.2 Å². The second-order valence-electron chi connectivity index (χ2n) is 6.26. The van der Waals surface area contributed by atoms with Crippen molar-refractivity contribution in [1.82, 2.24) is 10.3 Å². The smallest absolute Gasteiger partial charge is 0.326 e. The average molecular weight is 342 g/mol. The Morgan fingerprint density at radius 3 is 2.80 bits per heavy atom. The van der Waals surface area contributed by atoms with Gasteiger partial charge in [-0.05, 0) is 49.9 Å². The maximum atomic E-state index is 13.6. The Kier molecular flexibility index (Phi) is 4.79. The maximum Gasteiger partial charge on any atom is 0.326 e. The Morgan fingerprint density at radius 2 is 2.16 bits per heavy atom. The van der Waals surface area contributed by atoms with Crippen molar-refractivity contribution in [3.63, 3.8) is 0 Å². The first-order valence-electron chi connectivity index (χ1n) is 8.24. The summed E-state index contributed by atoms with van der Waals surface area (Å²) >= 11 is 0. The molecule has 0 saturated heterocycles. The molecule has 1 saturated carbocycles. The predicted octanol–water partition coefficient (Wildman–Crippen LogP) is 3.40. The number of aliphatic carboxylic acids is 1. The molecular formula is C19H19FN2O3. The van der Waals surface area contributed by atoms with Crippen LogP contribution in [-0.4, -0.2) is 28.0 Å². The average Bonchev–Trinajstić information content (AvgIpc) is 3.42. The van der Waals surface area contributed by atoms with Crippen molar-refractivity contribution in [2.24, 2.45) is 0 Å². The summed E-state index contributed by atoms with van der Waals surface area (Å²) < 4.78 is 13.6. The van der Waals surface area contributed by atoms with Gasteiger partial charge in [-0.2, -0.15) is 0 Å². The fraction of sp³-hybridized carbons (Fsp3) is 0.316. The van der Waals surface area contributed by atoms with E-state index in [2.05, 4.69) is 16.9 Å². The largest absolute Gasteiger partial charge is 0.480 e. The lowest BCUT2D eigenvalue weighted by molar-refractivity contribution is -0.139. The van der Waals surface area contributed by atoms with E-state index in [1.54, 1.807) is 18.2 Å². The summed E-state index contributed by atoms with van der Waals surface area (Å²) in [5, 5.41) is 12.2. The van der Waals surface area contributed by atoms with Crippen LogP contribution in [0.4, 0.5) is 4.39 Å². The van der Waals surface area contributed by atoms with Gasteiger partial charge in [0.05, 0.1) is 11.1 Å². The fourth-order valence-corrected chi connectivity index (χ4v) is 2.77. The highest BCUT2D eigenvalue weighted by Gasteiger charge is 2.28. The van der Waals surface area contributed by atoms with Crippen LogP contribution in [0, 0.1) is 5.82 Å². The standard InChI is InChI=1S/C19H19FN2O3/c1-2-3-4-16(19(24)25)22-18(23)14-10-17(11-5-6-11)21-15-8-7-12(20)9-13(14)15/h2,7-11,16H,1,3-6H2,(H,22,23)(H,24,25). The molecule has 2 aromatic rings. The molecule has 1 aliphatic carbocycles. The molecule has 0 spiro atoms. The van der Waals surface area contributed by atoms with E-state index in [1.165, 1.54) is 12.1 Å². The zero-order chi connectivity index (χ0) is 18.0. The van der Waals surface area contributed by atoms with Crippen molar-refractivity contribution < 1.29 is 19.1 Å². The summed E-state index contributed by atoms with van der Waals surface area (Å²) in [5.74, 6) is -1.79. The second-order valence-corrected chi connectivity index (χ2v) is 6.26. The van der Waals surface area contributed by atoms with Crippen LogP contribution in [0.2, 0.25) is 0 Å². The molecule has 0 aliphatic heterocycles. The van der Waals surface area contributed by atoms with Crippen molar-refractivity contribution in [3.8, 4) is 0 Å². The number of carboxylic acids is 1. The Bertz CT molecular complexity index is 846. The molecule has 2 N–H and O–H groups in total. The van der Waals surface area contributed by atoms with Gasteiger partial charge in [-0.1, -0.05) is 6.08 Å². The molecule has 130 valence electrons. The monoisotopic (exact) mass is 342 g/mol. The van der Waals surface area contributed by atoms with E-state index in [1.807, 2.05) is 0 Å². The number of fused-ring (bicyclic) bond motifs is 1. The normalized spacial score (nSPS) is 14.9. The lowest BCUT2D eigenvalue weighted by Crippen LogP contribution is -2.40. The van der Waals surface area contributed by atoms with Crippen molar-refractivity contribution in [2.75, 3.05) is 0 Å². The number of rotatable bonds is 7. The van der Waals surface area contributed by atoms with E-state index in [-0.39, 0.29) is 12.0 Å². The number of hydrogen-bond donors (Lipinski definition) is 2. The van der Waals surface area contributed by atoms with Gasteiger partial charge in [0.1, 0.15) is 11.9 Å². The predicted molar refractivity (Wildman–Crippen MR) is 92.0 cm³/mol. The van der Waals surface area contributed by atoms with Gasteiger partial charge >= 0.3 is 5.97 Å². The summed E-state index contributed by atoms with van der Waals surface area (Å²) in [6.07, 6.45) is 4.34. The molecule has 1 amide bonds. The molecule has 1 heterocycles. The third-order valence-electron chi connectivity index (χ3n) is 4.29. The number of carbonyl (C=O) groups is 2. The minimum atomic E-state index is -1.11. The van der Waals surface area contributed by atoms with Crippen LogP contribution < -0.4 is 5.32 Å². The van der Waals surface area contributed by atoms with Gasteiger partial charge < -0.3 is 10.4 Å². The van der Waals surface area contributed by atoms with E-state index < -0.39 is 23.7 Å². The van der Waals surface area contributed by atoms with Gasteiger partial charge in [-0.25, -0.2) is 9.18 Å². The maximum absolute atomic E-state index is 13.6. The van der Waals surface area contributed by atoms with E-state index >= 15 is 0 Å². The minimum absolute atomic E-state index is 0.247. The van der Waals surface area contributed by atoms with Crippen molar-refractivity contribution in [3.05, 3.63) is 54.0 Å². The van der Waals surface area contributed by atoms with Gasteiger partial charge in [0.2, 0.25) is 0 Å². The van der Waals surface area contributed by atoms with Crippen molar-refractivity contribution >= 4 is 22.8 Å². The van der Waals surface area contributed by atoms with Gasteiger partial charge in [-0.15, -0.1) is 6.58 Å². The zero-order valence-corrected chi connectivity index (χ0v) is 13.7. The fourth-order valence-electron chi connectivity index (χ4n) is 2.77. The molecule has 3 rings (SSSR count). The van der Waals surface area contributed by atoms with Crippen LogP contribution in [0.25, 0.3) is 10.9 Å².